The summed E-state index contributed by atoms with van der Waals surface area (Å²) in [7, 11) is 3.17. The summed E-state index contributed by atoms with van der Waals surface area (Å²) in [5.41, 5.74) is 5.88. The number of nitrogens with zero attached hydrogens (tertiary/aromatic N) is 1. The van der Waals surface area contributed by atoms with Crippen LogP contribution in [0.15, 0.2) is 18.2 Å². The van der Waals surface area contributed by atoms with Gasteiger partial charge in [-0.15, -0.1) is 0 Å². The highest BCUT2D eigenvalue weighted by atomic mass is 16.5. The quantitative estimate of drug-likeness (QED) is 0.742. The van der Waals surface area contributed by atoms with Crippen molar-refractivity contribution in [3.05, 3.63) is 23.8 Å². The van der Waals surface area contributed by atoms with Gasteiger partial charge in [-0.3, -0.25) is 4.79 Å². The number of anilines is 1. The van der Waals surface area contributed by atoms with Crippen LogP contribution in [0.5, 0.6) is 5.75 Å². The van der Waals surface area contributed by atoms with Crippen LogP contribution in [0.4, 0.5) is 5.69 Å². The van der Waals surface area contributed by atoms with Gasteiger partial charge in [0.25, 0.3) is 5.91 Å². The molecule has 0 radical (unpaired) electrons. The van der Waals surface area contributed by atoms with E-state index in [1.165, 1.54) is 23.1 Å². The van der Waals surface area contributed by atoms with E-state index in [0.717, 1.165) is 0 Å². The van der Waals surface area contributed by atoms with Gasteiger partial charge in [0.15, 0.2) is 6.61 Å². The lowest BCUT2D eigenvalue weighted by Crippen LogP contribution is -2.27. The molecule has 0 unspecified atom stereocenters. The number of carboxylic acids is 1. The Bertz CT molecular complexity index is 443. The predicted octanol–water partition coefficient (Wildman–Crippen LogP) is 0.434. The lowest BCUT2D eigenvalue weighted by atomic mass is 10.2. The van der Waals surface area contributed by atoms with Crippen molar-refractivity contribution in [2.75, 3.05) is 26.4 Å². The summed E-state index contributed by atoms with van der Waals surface area (Å²) < 4.78 is 5.15. The Kier molecular flexibility index (Phi) is 3.92. The van der Waals surface area contributed by atoms with Crippen molar-refractivity contribution in [1.82, 2.24) is 4.90 Å². The van der Waals surface area contributed by atoms with Gasteiger partial charge in [0.1, 0.15) is 11.3 Å². The van der Waals surface area contributed by atoms with E-state index in [1.807, 2.05) is 0 Å². The number of aromatic carboxylic acids is 1. The van der Waals surface area contributed by atoms with E-state index in [4.69, 9.17) is 15.6 Å². The van der Waals surface area contributed by atoms with Gasteiger partial charge in [0.2, 0.25) is 0 Å². The number of likely N-dealkylation sites (N-methyl/N-ethyl adjacent to an activating group) is 1. The summed E-state index contributed by atoms with van der Waals surface area (Å²) in [4.78, 5) is 23.6. The van der Waals surface area contributed by atoms with Crippen molar-refractivity contribution in [2.24, 2.45) is 0 Å². The summed E-state index contributed by atoms with van der Waals surface area (Å²) in [6, 6.07) is 4.18. The number of nitrogens with two attached hydrogens (primary N) is 1. The van der Waals surface area contributed by atoms with Gasteiger partial charge in [-0.05, 0) is 12.1 Å². The number of nitrogen functional groups attached to an aromatic ring is 1. The monoisotopic (exact) mass is 238 g/mol. The molecule has 1 aromatic carbocycles. The van der Waals surface area contributed by atoms with Gasteiger partial charge in [0.05, 0.1) is 0 Å². The fraction of sp³-hybridized carbons (Fsp3) is 0.273. The van der Waals surface area contributed by atoms with Crippen LogP contribution >= 0.6 is 0 Å². The minimum absolute atomic E-state index is 0.0224. The lowest BCUT2D eigenvalue weighted by molar-refractivity contribution is -0.130. The van der Waals surface area contributed by atoms with E-state index in [9.17, 15) is 9.59 Å². The minimum Gasteiger partial charge on any atom is -0.483 e. The topological polar surface area (TPSA) is 92.9 Å². The molecule has 0 fully saturated rings. The number of carbonyl (C=O) groups is 2. The molecule has 0 aromatic heterocycles. The smallest absolute Gasteiger partial charge is 0.339 e. The van der Waals surface area contributed by atoms with Gasteiger partial charge < -0.3 is 20.5 Å². The third kappa shape index (κ3) is 3.37. The second kappa shape index (κ2) is 5.20. The first kappa shape index (κ1) is 12.8. The zero-order chi connectivity index (χ0) is 13.0. The van der Waals surface area contributed by atoms with Gasteiger partial charge >= 0.3 is 5.97 Å². The molecule has 0 spiro atoms. The number of hydrogen-bond acceptors (Lipinski definition) is 4. The Labute approximate surface area is 98.6 Å². The summed E-state index contributed by atoms with van der Waals surface area (Å²) >= 11 is 0. The van der Waals surface area contributed by atoms with Gasteiger partial charge in [-0.2, -0.15) is 0 Å². The van der Waals surface area contributed by atoms with Gasteiger partial charge in [-0.25, -0.2) is 4.79 Å². The Hall–Kier alpha value is -2.24. The second-order valence-corrected chi connectivity index (χ2v) is 3.64. The lowest BCUT2D eigenvalue weighted by Gasteiger charge is -2.13. The highest BCUT2D eigenvalue weighted by Crippen LogP contribution is 2.21. The fourth-order valence-electron chi connectivity index (χ4n) is 1.10. The molecular weight excluding hydrogens is 224 g/mol. The molecular formula is C11H14N2O4. The molecule has 0 saturated carbocycles. The van der Waals surface area contributed by atoms with Crippen molar-refractivity contribution in [2.45, 2.75) is 0 Å². The number of rotatable bonds is 4. The third-order valence-electron chi connectivity index (χ3n) is 2.09. The molecule has 92 valence electrons. The maximum atomic E-state index is 11.3. The third-order valence-corrected chi connectivity index (χ3v) is 2.09. The molecule has 1 rings (SSSR count). The van der Waals surface area contributed by atoms with Gasteiger partial charge in [-0.1, -0.05) is 0 Å². The highest BCUT2D eigenvalue weighted by molar-refractivity contribution is 5.91. The number of carbonyl (C=O) groups excluding carboxylic acids is 1. The molecule has 0 aliphatic heterocycles. The molecule has 0 aliphatic carbocycles. The van der Waals surface area contributed by atoms with E-state index in [0.29, 0.717) is 5.69 Å². The molecule has 3 N–H and O–H groups in total. The zero-order valence-corrected chi connectivity index (χ0v) is 9.64. The first-order valence-electron chi connectivity index (χ1n) is 4.87. The largest absolute Gasteiger partial charge is 0.483 e. The number of benzene rings is 1. The van der Waals surface area contributed by atoms with E-state index in [-0.39, 0.29) is 23.8 Å². The number of carboxylic acid groups (broad SMARTS) is 1. The summed E-state index contributed by atoms with van der Waals surface area (Å²) in [6.45, 7) is -0.225. The van der Waals surface area contributed by atoms with Crippen LogP contribution in [-0.4, -0.2) is 42.6 Å². The normalized spacial score (nSPS) is 9.76. The molecule has 6 heteroatoms. The number of amides is 1. The summed E-state index contributed by atoms with van der Waals surface area (Å²) in [6.07, 6.45) is 0. The van der Waals surface area contributed by atoms with Crippen LogP contribution in [-0.2, 0) is 4.79 Å². The zero-order valence-electron chi connectivity index (χ0n) is 9.64. The minimum atomic E-state index is -1.13. The van der Waals surface area contributed by atoms with E-state index >= 15 is 0 Å². The van der Waals surface area contributed by atoms with Crippen molar-refractivity contribution in [1.29, 1.82) is 0 Å². The summed E-state index contributed by atoms with van der Waals surface area (Å²) in [5, 5.41) is 8.91. The first-order chi connectivity index (χ1) is 7.91. The fourth-order valence-corrected chi connectivity index (χ4v) is 1.10. The maximum absolute atomic E-state index is 11.3. The molecule has 6 nitrogen and oxygen atoms in total. The van der Waals surface area contributed by atoms with Crippen LogP contribution < -0.4 is 10.5 Å². The predicted molar refractivity (Wildman–Crippen MR) is 62.0 cm³/mol. The highest BCUT2D eigenvalue weighted by Gasteiger charge is 2.13. The average molecular weight is 238 g/mol. The standard InChI is InChI=1S/C11H14N2O4/c1-13(2)10(14)6-17-9-5-7(12)3-4-8(9)11(15)16/h3-5H,6,12H2,1-2H3,(H,15,16). The van der Waals surface area contributed by atoms with Crippen LogP contribution in [0.2, 0.25) is 0 Å². The second-order valence-electron chi connectivity index (χ2n) is 3.64. The SMILES string of the molecule is CN(C)C(=O)COc1cc(N)ccc1C(=O)O. The number of ether oxygens (including phenoxy) is 1. The number of hydrogen-bond donors (Lipinski definition) is 2. The van der Waals surface area contributed by atoms with Crippen molar-refractivity contribution in [3.63, 3.8) is 0 Å². The maximum Gasteiger partial charge on any atom is 0.339 e. The molecule has 0 saturated heterocycles. The van der Waals surface area contributed by atoms with Crippen LogP contribution in [0, 0.1) is 0 Å². The van der Waals surface area contributed by atoms with Crippen molar-refractivity contribution < 1.29 is 19.4 Å². The van der Waals surface area contributed by atoms with Crippen LogP contribution in [0.1, 0.15) is 10.4 Å². The average Bonchev–Trinajstić information content (AvgIpc) is 2.25. The van der Waals surface area contributed by atoms with Gasteiger partial charge in [0, 0.05) is 25.8 Å². The Morgan fingerprint density at radius 2 is 2.06 bits per heavy atom. The van der Waals surface area contributed by atoms with Crippen LogP contribution in [0.25, 0.3) is 0 Å². The summed E-state index contributed by atoms with van der Waals surface area (Å²) in [5.74, 6) is -1.30. The van der Waals surface area contributed by atoms with Crippen LogP contribution in [0.3, 0.4) is 0 Å². The molecule has 17 heavy (non-hydrogen) atoms. The first-order valence-corrected chi connectivity index (χ1v) is 4.87. The molecule has 0 bridgehead atoms. The van der Waals surface area contributed by atoms with E-state index < -0.39 is 5.97 Å². The molecule has 0 aliphatic rings. The Balaban J connectivity index is 2.86. The Morgan fingerprint density at radius 1 is 1.41 bits per heavy atom. The molecule has 0 atom stereocenters. The molecule has 0 heterocycles. The van der Waals surface area contributed by atoms with Crippen molar-refractivity contribution in [3.8, 4) is 5.75 Å². The van der Waals surface area contributed by atoms with Crippen molar-refractivity contribution >= 4 is 17.6 Å². The van der Waals surface area contributed by atoms with E-state index in [1.54, 1.807) is 14.1 Å². The Morgan fingerprint density at radius 3 is 2.59 bits per heavy atom. The molecule has 1 aromatic rings. The van der Waals surface area contributed by atoms with E-state index in [2.05, 4.69) is 0 Å². The molecule has 1 amide bonds.